The molecule has 0 fully saturated rings. The second-order valence-corrected chi connectivity index (χ2v) is 21.4. The lowest BCUT2D eigenvalue weighted by atomic mass is 10.00. The van der Waals surface area contributed by atoms with Crippen LogP contribution in [0.2, 0.25) is 0 Å². The van der Waals surface area contributed by atoms with Crippen LogP contribution in [0.4, 0.5) is 34.1 Å². The van der Waals surface area contributed by atoms with Gasteiger partial charge in [0.2, 0.25) is 0 Å². The van der Waals surface area contributed by atoms with Crippen LogP contribution in [0.25, 0.3) is 0 Å². The van der Waals surface area contributed by atoms with Crippen molar-refractivity contribution >= 4 is 68.4 Å². The van der Waals surface area contributed by atoms with Crippen molar-refractivity contribution in [2.24, 2.45) is 30.0 Å². The largest absolute Gasteiger partial charge is 0.248 e. The molecule has 0 amide bonds. The fourth-order valence-electron chi connectivity index (χ4n) is 10.7. The molecule has 0 saturated heterocycles. The minimum Gasteiger partial charge on any atom is -0.248 e. The van der Waals surface area contributed by atoms with Gasteiger partial charge in [0.25, 0.3) is 0 Å². The number of rotatable bonds is 18. The Hall–Kier alpha value is -12.1. The zero-order chi connectivity index (χ0) is 60.5. The fourth-order valence-corrected chi connectivity index (χ4v) is 10.7. The summed E-state index contributed by atoms with van der Waals surface area (Å²) in [4.78, 5) is 32.0. The molecule has 426 valence electrons. The molecule has 0 saturated carbocycles. The Morgan fingerprint density at radius 2 is 0.267 bits per heavy atom. The summed E-state index contributed by atoms with van der Waals surface area (Å²) in [5.41, 5.74) is 21.9. The van der Waals surface area contributed by atoms with Crippen LogP contribution in [0.1, 0.15) is 66.8 Å². The summed E-state index contributed by atoms with van der Waals surface area (Å²) in [5, 5.41) is 0. The van der Waals surface area contributed by atoms with Gasteiger partial charge in [-0.25, -0.2) is 30.0 Å². The molecule has 90 heavy (non-hydrogen) atoms. The van der Waals surface area contributed by atoms with Crippen LogP contribution in [-0.4, -0.2) is 34.3 Å². The zero-order valence-electron chi connectivity index (χ0n) is 49.3. The smallest absolute Gasteiger partial charge is 0.0781 e. The predicted molar refractivity (Wildman–Crippen MR) is 376 cm³/mol. The molecule has 0 radical (unpaired) electrons. The molecule has 13 rings (SSSR count). The van der Waals surface area contributed by atoms with Crippen molar-refractivity contribution in [1.29, 1.82) is 0 Å². The van der Waals surface area contributed by atoms with Crippen molar-refractivity contribution in [3.05, 3.63) is 431 Å². The van der Waals surface area contributed by atoms with E-state index in [0.717, 1.165) is 135 Å². The Balaban J connectivity index is 0.906. The predicted octanol–water partition coefficient (Wildman–Crippen LogP) is 20.7. The van der Waals surface area contributed by atoms with Crippen molar-refractivity contribution in [3.63, 3.8) is 0 Å². The summed E-state index contributed by atoms with van der Waals surface area (Å²) in [6, 6.07) is 124. The van der Waals surface area contributed by atoms with E-state index in [9.17, 15) is 0 Å². The van der Waals surface area contributed by atoms with Gasteiger partial charge in [-0.05, 0) is 66.7 Å². The normalized spacial score (nSPS) is 10.7. The molecule has 0 atom stereocenters. The second kappa shape index (κ2) is 27.9. The maximum Gasteiger partial charge on any atom is 0.0781 e. The van der Waals surface area contributed by atoms with Gasteiger partial charge >= 0.3 is 0 Å². The van der Waals surface area contributed by atoms with E-state index in [-0.39, 0.29) is 0 Å². The van der Waals surface area contributed by atoms with Crippen LogP contribution in [0.15, 0.2) is 394 Å². The van der Waals surface area contributed by atoms with Gasteiger partial charge in [0, 0.05) is 66.8 Å². The number of benzene rings is 13. The molecule has 0 aliphatic rings. The first-order valence-electron chi connectivity index (χ1n) is 30.1. The van der Waals surface area contributed by atoms with Crippen LogP contribution in [0.5, 0.6) is 0 Å². The summed E-state index contributed by atoms with van der Waals surface area (Å²) in [7, 11) is 0. The average molecular weight is 1150 g/mol. The van der Waals surface area contributed by atoms with E-state index in [1.807, 2.05) is 170 Å². The molecule has 6 nitrogen and oxygen atoms in total. The Labute approximate surface area is 526 Å². The van der Waals surface area contributed by atoms with Crippen LogP contribution in [0.3, 0.4) is 0 Å². The molecule has 13 aromatic carbocycles. The first kappa shape index (κ1) is 57.0. The zero-order valence-corrected chi connectivity index (χ0v) is 49.3. The van der Waals surface area contributed by atoms with E-state index in [1.54, 1.807) is 0 Å². The summed E-state index contributed by atoms with van der Waals surface area (Å²) >= 11 is 0. The second-order valence-electron chi connectivity index (χ2n) is 21.4. The maximum absolute atomic E-state index is 5.51. The van der Waals surface area contributed by atoms with Gasteiger partial charge in [0.1, 0.15) is 0 Å². The van der Waals surface area contributed by atoms with Gasteiger partial charge < -0.3 is 0 Å². The van der Waals surface area contributed by atoms with Gasteiger partial charge in [-0.3, -0.25) is 0 Å². The van der Waals surface area contributed by atoms with Crippen molar-refractivity contribution < 1.29 is 0 Å². The van der Waals surface area contributed by atoms with E-state index >= 15 is 0 Å². The molecular weight excluding hydrogens is 1090 g/mol. The van der Waals surface area contributed by atoms with Gasteiger partial charge in [-0.1, -0.05) is 297 Å². The van der Waals surface area contributed by atoms with E-state index in [0.29, 0.717) is 0 Å². The monoisotopic (exact) mass is 1150 g/mol. The lowest BCUT2D eigenvalue weighted by Gasteiger charge is -2.12. The highest BCUT2D eigenvalue weighted by Crippen LogP contribution is 2.31. The standard InChI is InChI=1S/C84H60N6/c1-9-26-61(27-10-1)79(62-28-11-2-12-29-62)85-73-52-44-69(45-53-73)83(70-46-54-74(55-47-70)86-80(63-30-13-3-14-31-63)64-32-15-4-16-33-64)89-77-42-25-43-78(60-77)90-84(71-48-56-75(57-49-71)87-81(65-34-17-5-18-35-65)66-36-19-6-20-37-66)72-50-58-76(59-51-72)88-82(67-38-21-7-22-39-67)68-40-23-8-24-41-68/h1-60H. The Bertz CT molecular complexity index is 3940. The summed E-state index contributed by atoms with van der Waals surface area (Å²) in [6.07, 6.45) is 0. The minimum atomic E-state index is 0.735. The summed E-state index contributed by atoms with van der Waals surface area (Å²) in [6.45, 7) is 0. The van der Waals surface area contributed by atoms with Crippen molar-refractivity contribution in [3.8, 4) is 0 Å². The Kier molecular flexibility index (Phi) is 17.7. The number of hydrogen-bond acceptors (Lipinski definition) is 6. The first-order valence-corrected chi connectivity index (χ1v) is 30.1. The third-order valence-electron chi connectivity index (χ3n) is 15.2. The lowest BCUT2D eigenvalue weighted by molar-refractivity contribution is 1.42. The van der Waals surface area contributed by atoms with Crippen LogP contribution < -0.4 is 0 Å². The molecule has 0 bridgehead atoms. The highest BCUT2D eigenvalue weighted by Gasteiger charge is 2.16. The van der Waals surface area contributed by atoms with Gasteiger partial charge in [0.15, 0.2) is 0 Å². The summed E-state index contributed by atoms with van der Waals surface area (Å²) in [5.74, 6) is 0. The summed E-state index contributed by atoms with van der Waals surface area (Å²) < 4.78 is 0. The van der Waals surface area contributed by atoms with E-state index < -0.39 is 0 Å². The molecule has 6 heteroatoms. The lowest BCUT2D eigenvalue weighted by Crippen LogP contribution is -2.04. The Morgan fingerprint density at radius 3 is 0.433 bits per heavy atom. The molecule has 0 heterocycles. The van der Waals surface area contributed by atoms with Crippen molar-refractivity contribution in [2.75, 3.05) is 0 Å². The van der Waals surface area contributed by atoms with Crippen molar-refractivity contribution in [1.82, 2.24) is 0 Å². The van der Waals surface area contributed by atoms with Crippen LogP contribution >= 0.6 is 0 Å². The molecule has 0 N–H and O–H groups in total. The Morgan fingerprint density at radius 1 is 0.122 bits per heavy atom. The van der Waals surface area contributed by atoms with Gasteiger partial charge in [-0.2, -0.15) is 0 Å². The third kappa shape index (κ3) is 14.1. The first-order chi connectivity index (χ1) is 44.6. The van der Waals surface area contributed by atoms with Crippen LogP contribution in [-0.2, 0) is 0 Å². The molecule has 0 aliphatic carbocycles. The molecule has 0 unspecified atom stereocenters. The minimum absolute atomic E-state index is 0.735. The molecule has 0 spiro atoms. The highest BCUT2D eigenvalue weighted by atomic mass is 14.8. The highest BCUT2D eigenvalue weighted by molar-refractivity contribution is 6.18. The maximum atomic E-state index is 5.51. The number of aliphatic imine (C=N–C) groups is 6. The van der Waals surface area contributed by atoms with E-state index in [1.165, 1.54) is 0 Å². The van der Waals surface area contributed by atoms with Gasteiger partial charge in [0.05, 0.1) is 68.4 Å². The topological polar surface area (TPSA) is 74.2 Å². The molecule has 0 aliphatic heterocycles. The quantitative estimate of drug-likeness (QED) is 0.0768. The molecule has 13 aromatic rings. The van der Waals surface area contributed by atoms with Gasteiger partial charge in [-0.15, -0.1) is 0 Å². The SMILES string of the molecule is c1ccc(C(=Nc2ccc(C(=Nc3cccc(N=C(c4ccc(N=C(c5ccccc5)c5ccccc5)cc4)c4ccc(N=C(c5ccccc5)c5ccccc5)cc4)c3)c3ccc(N=C(c4ccccc4)c4ccccc4)cc3)cc2)c2ccccc2)cc1. The molecular formula is C84H60N6. The van der Waals surface area contributed by atoms with E-state index in [4.69, 9.17) is 30.0 Å². The van der Waals surface area contributed by atoms with Crippen molar-refractivity contribution in [2.45, 2.75) is 0 Å². The number of hydrogen-bond donors (Lipinski definition) is 0. The number of nitrogens with zero attached hydrogens (tertiary/aromatic N) is 6. The van der Waals surface area contributed by atoms with Crippen LogP contribution in [0, 0.1) is 0 Å². The average Bonchev–Trinajstić information content (AvgIpc) is 1.52. The fraction of sp³-hybridized carbons (Fsp3) is 0. The third-order valence-corrected chi connectivity index (χ3v) is 15.2. The molecule has 0 aromatic heterocycles. The van der Waals surface area contributed by atoms with E-state index in [2.05, 4.69) is 194 Å².